The molecule has 0 fully saturated rings. The predicted octanol–water partition coefficient (Wildman–Crippen LogP) is 4.10. The molecule has 0 bridgehead atoms. The molecule has 0 aliphatic carbocycles. The Morgan fingerprint density at radius 3 is 2.42 bits per heavy atom. The Balaban J connectivity index is 0.00000480. The second kappa shape index (κ2) is 12.5. The maximum atomic E-state index is 13.0. The van der Waals surface area contributed by atoms with Crippen molar-refractivity contribution in [2.24, 2.45) is 4.99 Å². The number of rotatable bonds is 7. The molecular weight excluding hydrogens is 510 g/mol. The van der Waals surface area contributed by atoms with Gasteiger partial charge in [0.05, 0.1) is 6.54 Å². The third kappa shape index (κ3) is 9.99. The van der Waals surface area contributed by atoms with Gasteiger partial charge in [-0.1, -0.05) is 12.1 Å². The summed E-state index contributed by atoms with van der Waals surface area (Å²) < 4.78 is 18.7. The molecule has 2 aromatic carbocycles. The van der Waals surface area contributed by atoms with Gasteiger partial charge in [-0.05, 0) is 69.7 Å². The quantitative estimate of drug-likeness (QED) is 0.280. The number of aliphatic imine (C=N–C) groups is 1. The number of nitrogens with zero attached hydrogens (tertiary/aromatic N) is 1. The molecule has 0 spiro atoms. The van der Waals surface area contributed by atoms with Gasteiger partial charge in [-0.25, -0.2) is 4.39 Å². The molecule has 0 aromatic heterocycles. The van der Waals surface area contributed by atoms with Gasteiger partial charge in [0.2, 0.25) is 0 Å². The molecule has 1 unspecified atom stereocenters. The van der Waals surface area contributed by atoms with Crippen LogP contribution in [0.15, 0.2) is 53.5 Å². The van der Waals surface area contributed by atoms with E-state index >= 15 is 0 Å². The van der Waals surface area contributed by atoms with Gasteiger partial charge in [0.15, 0.2) is 5.96 Å². The van der Waals surface area contributed by atoms with Crippen LogP contribution in [0.5, 0.6) is 5.75 Å². The fraction of sp³-hybridized carbons (Fsp3) is 0.391. The lowest BCUT2D eigenvalue weighted by Gasteiger charge is -2.20. The number of halogens is 2. The standard InChI is InChI=1S/C23H31FN4O2.HI/c1-16(30-20-11-9-19(24)10-12-20)14-26-22(25-5)27-15-17-7-6-8-18(13-17)21(29)28-23(2,3)4;/h6-13,16H,14-15H2,1-5H3,(H,28,29)(H2,25,26,27);1H. The molecule has 2 rings (SSSR count). The largest absolute Gasteiger partial charge is 0.489 e. The van der Waals surface area contributed by atoms with Crippen molar-refractivity contribution in [1.29, 1.82) is 0 Å². The predicted molar refractivity (Wildman–Crippen MR) is 134 cm³/mol. The van der Waals surface area contributed by atoms with E-state index in [1.54, 1.807) is 25.2 Å². The molecule has 0 aliphatic heterocycles. The number of carbonyl (C=O) groups is 1. The average Bonchev–Trinajstić information content (AvgIpc) is 2.69. The lowest BCUT2D eigenvalue weighted by atomic mass is 10.1. The maximum absolute atomic E-state index is 13.0. The Labute approximate surface area is 201 Å². The van der Waals surface area contributed by atoms with Crippen molar-refractivity contribution in [2.75, 3.05) is 13.6 Å². The molecule has 6 nitrogen and oxygen atoms in total. The van der Waals surface area contributed by atoms with Crippen LogP contribution in [-0.4, -0.2) is 37.1 Å². The zero-order valence-electron chi connectivity index (χ0n) is 18.7. The number of hydrogen-bond donors (Lipinski definition) is 3. The zero-order chi connectivity index (χ0) is 22.1. The molecule has 1 atom stereocenters. The Kier molecular flexibility index (Phi) is 10.7. The monoisotopic (exact) mass is 542 g/mol. The van der Waals surface area contributed by atoms with Crippen molar-refractivity contribution in [3.05, 3.63) is 65.5 Å². The van der Waals surface area contributed by atoms with E-state index in [0.717, 1.165) is 5.56 Å². The molecule has 3 N–H and O–H groups in total. The van der Waals surface area contributed by atoms with Crippen molar-refractivity contribution >= 4 is 35.8 Å². The Morgan fingerprint density at radius 1 is 1.13 bits per heavy atom. The highest BCUT2D eigenvalue weighted by atomic mass is 127. The molecule has 0 aliphatic rings. The summed E-state index contributed by atoms with van der Waals surface area (Å²) in [5, 5.41) is 9.39. The molecule has 0 saturated heterocycles. The molecule has 8 heteroatoms. The fourth-order valence-corrected chi connectivity index (χ4v) is 2.67. The van der Waals surface area contributed by atoms with Crippen LogP contribution in [0.2, 0.25) is 0 Å². The van der Waals surface area contributed by atoms with E-state index in [1.807, 2.05) is 45.9 Å². The van der Waals surface area contributed by atoms with E-state index in [9.17, 15) is 9.18 Å². The van der Waals surface area contributed by atoms with Gasteiger partial charge in [-0.15, -0.1) is 24.0 Å². The van der Waals surface area contributed by atoms with Gasteiger partial charge >= 0.3 is 0 Å². The van der Waals surface area contributed by atoms with Gasteiger partial charge in [0.1, 0.15) is 17.7 Å². The molecule has 0 radical (unpaired) electrons. The summed E-state index contributed by atoms with van der Waals surface area (Å²) >= 11 is 0. The molecule has 1 amide bonds. The van der Waals surface area contributed by atoms with Crippen molar-refractivity contribution in [3.63, 3.8) is 0 Å². The van der Waals surface area contributed by atoms with Crippen LogP contribution in [0, 0.1) is 5.82 Å². The van der Waals surface area contributed by atoms with Crippen molar-refractivity contribution < 1.29 is 13.9 Å². The van der Waals surface area contributed by atoms with Crippen molar-refractivity contribution in [3.8, 4) is 5.75 Å². The van der Waals surface area contributed by atoms with Crippen LogP contribution >= 0.6 is 24.0 Å². The highest BCUT2D eigenvalue weighted by Crippen LogP contribution is 2.12. The van der Waals surface area contributed by atoms with Crippen LogP contribution in [-0.2, 0) is 6.54 Å². The van der Waals surface area contributed by atoms with Gasteiger partial charge in [-0.3, -0.25) is 9.79 Å². The fourth-order valence-electron chi connectivity index (χ4n) is 2.67. The first-order valence-electron chi connectivity index (χ1n) is 9.94. The molecular formula is C23H32FIN4O2. The van der Waals surface area contributed by atoms with Crippen LogP contribution < -0.4 is 20.7 Å². The SMILES string of the molecule is CN=C(NCc1cccc(C(=O)NC(C)(C)C)c1)NCC(C)Oc1ccc(F)cc1.I. The first-order valence-corrected chi connectivity index (χ1v) is 9.94. The summed E-state index contributed by atoms with van der Waals surface area (Å²) in [6.45, 7) is 8.81. The second-order valence-corrected chi connectivity index (χ2v) is 8.09. The van der Waals surface area contributed by atoms with Crippen LogP contribution in [0.4, 0.5) is 4.39 Å². The molecule has 170 valence electrons. The smallest absolute Gasteiger partial charge is 0.251 e. The number of carbonyl (C=O) groups excluding carboxylic acids is 1. The summed E-state index contributed by atoms with van der Waals surface area (Å²) in [6.07, 6.45) is -0.140. The lowest BCUT2D eigenvalue weighted by Crippen LogP contribution is -2.41. The Bertz CT molecular complexity index is 867. The minimum atomic E-state index is -0.294. The van der Waals surface area contributed by atoms with Crippen LogP contribution in [0.25, 0.3) is 0 Å². The zero-order valence-corrected chi connectivity index (χ0v) is 21.0. The number of ether oxygens (including phenoxy) is 1. The van der Waals surface area contributed by atoms with E-state index in [0.29, 0.717) is 30.4 Å². The summed E-state index contributed by atoms with van der Waals surface area (Å²) in [5.41, 5.74) is 1.30. The van der Waals surface area contributed by atoms with E-state index in [1.165, 1.54) is 12.1 Å². The first-order chi connectivity index (χ1) is 14.2. The number of hydrogen-bond acceptors (Lipinski definition) is 3. The minimum absolute atomic E-state index is 0. The minimum Gasteiger partial charge on any atom is -0.489 e. The number of benzene rings is 2. The first kappa shape index (κ1) is 26.7. The summed E-state index contributed by atoms with van der Waals surface area (Å²) in [6, 6.07) is 13.4. The van der Waals surface area contributed by atoms with Crippen molar-refractivity contribution in [1.82, 2.24) is 16.0 Å². The normalized spacial score (nSPS) is 12.4. The molecule has 2 aromatic rings. The van der Waals surface area contributed by atoms with E-state index in [4.69, 9.17) is 4.74 Å². The average molecular weight is 542 g/mol. The topological polar surface area (TPSA) is 74.8 Å². The molecule has 31 heavy (non-hydrogen) atoms. The Morgan fingerprint density at radius 2 is 1.81 bits per heavy atom. The summed E-state index contributed by atoms with van der Waals surface area (Å²) in [7, 11) is 1.69. The number of guanidine groups is 1. The number of nitrogens with one attached hydrogen (secondary N) is 3. The van der Waals surface area contributed by atoms with Crippen LogP contribution in [0.3, 0.4) is 0 Å². The van der Waals surface area contributed by atoms with Gasteiger partial charge in [0.25, 0.3) is 5.91 Å². The molecule has 0 heterocycles. The van der Waals surface area contributed by atoms with Gasteiger partial charge in [0, 0.05) is 24.7 Å². The third-order valence-corrected chi connectivity index (χ3v) is 4.07. The Hall–Kier alpha value is -2.36. The summed E-state index contributed by atoms with van der Waals surface area (Å²) in [5.74, 6) is 0.837. The number of amides is 1. The van der Waals surface area contributed by atoms with Crippen molar-refractivity contribution in [2.45, 2.75) is 45.9 Å². The van der Waals surface area contributed by atoms with Crippen LogP contribution in [0.1, 0.15) is 43.6 Å². The lowest BCUT2D eigenvalue weighted by molar-refractivity contribution is 0.0919. The van der Waals surface area contributed by atoms with Gasteiger partial charge < -0.3 is 20.7 Å². The van der Waals surface area contributed by atoms with E-state index in [-0.39, 0.29) is 47.3 Å². The van der Waals surface area contributed by atoms with Gasteiger partial charge in [-0.2, -0.15) is 0 Å². The van der Waals surface area contributed by atoms with E-state index < -0.39 is 0 Å². The maximum Gasteiger partial charge on any atom is 0.251 e. The second-order valence-electron chi connectivity index (χ2n) is 8.09. The highest BCUT2D eigenvalue weighted by molar-refractivity contribution is 14.0. The third-order valence-electron chi connectivity index (χ3n) is 4.07. The summed E-state index contributed by atoms with van der Waals surface area (Å²) in [4.78, 5) is 16.6. The molecule has 0 saturated carbocycles. The highest BCUT2D eigenvalue weighted by Gasteiger charge is 2.15. The van der Waals surface area contributed by atoms with E-state index in [2.05, 4.69) is 20.9 Å².